The van der Waals surface area contributed by atoms with Crippen molar-refractivity contribution < 1.29 is 4.74 Å². The molecule has 0 radical (unpaired) electrons. The minimum absolute atomic E-state index is 0.282. The number of aryl methyl sites for hydroxylation is 1. The summed E-state index contributed by atoms with van der Waals surface area (Å²) in [6.07, 6.45) is 1.92. The van der Waals surface area contributed by atoms with E-state index in [0.717, 1.165) is 30.8 Å². The molecule has 7 heteroatoms. The zero-order valence-corrected chi connectivity index (χ0v) is 13.3. The Hall–Kier alpha value is -2.18. The van der Waals surface area contributed by atoms with Crippen molar-refractivity contribution in [3.8, 4) is 12.0 Å². The summed E-state index contributed by atoms with van der Waals surface area (Å²) in [6.45, 7) is 9.01. The molecule has 0 spiro atoms. The van der Waals surface area contributed by atoms with Crippen LogP contribution in [0.2, 0.25) is 0 Å². The zero-order valence-electron chi connectivity index (χ0n) is 13.3. The number of ether oxygens (including phenoxy) is 1. The van der Waals surface area contributed by atoms with E-state index in [9.17, 15) is 0 Å². The predicted molar refractivity (Wildman–Crippen MR) is 81.1 cm³/mol. The van der Waals surface area contributed by atoms with E-state index in [2.05, 4.69) is 39.2 Å². The van der Waals surface area contributed by atoms with Gasteiger partial charge >= 0.3 is 6.01 Å². The zero-order chi connectivity index (χ0) is 15.4. The van der Waals surface area contributed by atoms with Gasteiger partial charge in [0.05, 0.1) is 12.8 Å². The highest BCUT2D eigenvalue weighted by molar-refractivity contribution is 5.34. The second-order valence-electron chi connectivity index (χ2n) is 4.79. The highest BCUT2D eigenvalue weighted by Crippen LogP contribution is 2.18. The van der Waals surface area contributed by atoms with Gasteiger partial charge in [-0.1, -0.05) is 13.8 Å². The molecular formula is C14H22N6O. The highest BCUT2D eigenvalue weighted by atomic mass is 16.5. The first kappa shape index (κ1) is 15.2. The Balaban J connectivity index is 2.47. The second kappa shape index (κ2) is 6.51. The Morgan fingerprint density at radius 3 is 2.48 bits per heavy atom. The number of hydrogen-bond acceptors (Lipinski definition) is 6. The lowest BCUT2D eigenvalue weighted by Crippen LogP contribution is -2.12. The van der Waals surface area contributed by atoms with Crippen LogP contribution in [0.1, 0.15) is 37.2 Å². The summed E-state index contributed by atoms with van der Waals surface area (Å²) in [6, 6.07) is 0.282. The maximum absolute atomic E-state index is 5.16. The van der Waals surface area contributed by atoms with Crippen LogP contribution in [-0.4, -0.2) is 38.4 Å². The Morgan fingerprint density at radius 2 is 1.90 bits per heavy atom. The maximum Gasteiger partial charge on any atom is 0.322 e. The van der Waals surface area contributed by atoms with E-state index in [4.69, 9.17) is 4.74 Å². The standard InChI is InChI=1S/C14H22N6O/c1-6-8-15-12-16-13(18-14(17-12)21-5)20-10(4)11(7-2)9(3)19-20/h6-8H2,1-5H3,(H,15,16,17,18). The number of nitrogens with zero attached hydrogens (tertiary/aromatic N) is 5. The van der Waals surface area contributed by atoms with Gasteiger partial charge in [-0.2, -0.15) is 20.1 Å². The topological polar surface area (TPSA) is 77.8 Å². The quantitative estimate of drug-likeness (QED) is 0.877. The van der Waals surface area contributed by atoms with E-state index >= 15 is 0 Å². The van der Waals surface area contributed by atoms with Crippen LogP contribution in [0, 0.1) is 13.8 Å². The van der Waals surface area contributed by atoms with Gasteiger partial charge in [-0.15, -0.1) is 0 Å². The molecule has 7 nitrogen and oxygen atoms in total. The van der Waals surface area contributed by atoms with Crippen molar-refractivity contribution in [2.45, 2.75) is 40.5 Å². The number of nitrogens with one attached hydrogen (secondary N) is 1. The lowest BCUT2D eigenvalue weighted by molar-refractivity contribution is 0.377. The molecule has 1 N–H and O–H groups in total. The average Bonchev–Trinajstić information content (AvgIpc) is 2.79. The van der Waals surface area contributed by atoms with E-state index in [1.807, 2.05) is 13.8 Å². The van der Waals surface area contributed by atoms with Gasteiger partial charge < -0.3 is 10.1 Å². The molecule has 0 saturated heterocycles. The summed E-state index contributed by atoms with van der Waals surface area (Å²) in [5, 5.41) is 7.68. The van der Waals surface area contributed by atoms with Crippen LogP contribution in [0.4, 0.5) is 5.95 Å². The van der Waals surface area contributed by atoms with Crippen LogP contribution < -0.4 is 10.1 Å². The summed E-state index contributed by atoms with van der Waals surface area (Å²) in [5.74, 6) is 0.977. The predicted octanol–water partition coefficient (Wildman–Crippen LogP) is 2.07. The number of rotatable bonds is 6. The van der Waals surface area contributed by atoms with E-state index in [1.54, 1.807) is 11.8 Å². The fourth-order valence-electron chi connectivity index (χ4n) is 2.23. The fourth-order valence-corrected chi connectivity index (χ4v) is 2.23. The summed E-state index contributed by atoms with van der Waals surface area (Å²) >= 11 is 0. The van der Waals surface area contributed by atoms with Crippen molar-refractivity contribution in [1.29, 1.82) is 0 Å². The van der Waals surface area contributed by atoms with Crippen molar-refractivity contribution in [3.63, 3.8) is 0 Å². The van der Waals surface area contributed by atoms with Gasteiger partial charge in [0.1, 0.15) is 0 Å². The average molecular weight is 290 g/mol. The molecule has 2 rings (SSSR count). The maximum atomic E-state index is 5.16. The first-order chi connectivity index (χ1) is 10.1. The van der Waals surface area contributed by atoms with Gasteiger partial charge in [0.25, 0.3) is 5.95 Å². The first-order valence-corrected chi connectivity index (χ1v) is 7.20. The molecule has 21 heavy (non-hydrogen) atoms. The van der Waals surface area contributed by atoms with Crippen molar-refractivity contribution in [3.05, 3.63) is 17.0 Å². The summed E-state index contributed by atoms with van der Waals surface area (Å²) in [7, 11) is 1.54. The number of hydrogen-bond donors (Lipinski definition) is 1. The minimum Gasteiger partial charge on any atom is -0.467 e. The minimum atomic E-state index is 0.282. The van der Waals surface area contributed by atoms with Crippen molar-refractivity contribution in [2.24, 2.45) is 0 Å². The molecule has 114 valence electrons. The summed E-state index contributed by atoms with van der Waals surface area (Å²) in [4.78, 5) is 12.9. The number of anilines is 1. The van der Waals surface area contributed by atoms with Crippen LogP contribution in [0.5, 0.6) is 6.01 Å². The van der Waals surface area contributed by atoms with Gasteiger partial charge in [-0.05, 0) is 32.3 Å². The monoisotopic (exact) mass is 290 g/mol. The molecule has 0 unspecified atom stereocenters. The SMILES string of the molecule is CCCNc1nc(OC)nc(-n2nc(C)c(CC)c2C)n1. The van der Waals surface area contributed by atoms with E-state index in [1.165, 1.54) is 5.56 Å². The third-order valence-corrected chi connectivity index (χ3v) is 3.30. The third kappa shape index (κ3) is 3.12. The molecule has 0 aliphatic rings. The molecule has 0 aliphatic heterocycles. The van der Waals surface area contributed by atoms with Crippen LogP contribution in [0.3, 0.4) is 0 Å². The third-order valence-electron chi connectivity index (χ3n) is 3.30. The lowest BCUT2D eigenvalue weighted by Gasteiger charge is -2.08. The number of methoxy groups -OCH3 is 1. The highest BCUT2D eigenvalue weighted by Gasteiger charge is 2.15. The van der Waals surface area contributed by atoms with Crippen LogP contribution >= 0.6 is 0 Å². The molecule has 2 aromatic rings. The molecule has 0 aromatic carbocycles. The van der Waals surface area contributed by atoms with E-state index in [-0.39, 0.29) is 6.01 Å². The van der Waals surface area contributed by atoms with Crippen LogP contribution in [0.25, 0.3) is 5.95 Å². The van der Waals surface area contributed by atoms with Crippen molar-refractivity contribution >= 4 is 5.95 Å². The fraction of sp³-hybridized carbons (Fsp3) is 0.571. The van der Waals surface area contributed by atoms with Gasteiger partial charge in [0.2, 0.25) is 5.95 Å². The molecule has 0 saturated carbocycles. The smallest absolute Gasteiger partial charge is 0.322 e. The summed E-state index contributed by atoms with van der Waals surface area (Å²) in [5.41, 5.74) is 3.26. The Bertz CT molecular complexity index is 622. The first-order valence-electron chi connectivity index (χ1n) is 7.20. The Morgan fingerprint density at radius 1 is 1.14 bits per heavy atom. The van der Waals surface area contributed by atoms with E-state index in [0.29, 0.717) is 11.9 Å². The van der Waals surface area contributed by atoms with Crippen LogP contribution in [-0.2, 0) is 6.42 Å². The second-order valence-corrected chi connectivity index (χ2v) is 4.79. The normalized spacial score (nSPS) is 10.7. The molecule has 2 heterocycles. The summed E-state index contributed by atoms with van der Waals surface area (Å²) < 4.78 is 6.90. The molecule has 2 aromatic heterocycles. The van der Waals surface area contributed by atoms with Gasteiger partial charge in [0.15, 0.2) is 0 Å². The van der Waals surface area contributed by atoms with Gasteiger partial charge in [-0.25, -0.2) is 4.68 Å². The largest absolute Gasteiger partial charge is 0.467 e. The lowest BCUT2D eigenvalue weighted by atomic mass is 10.1. The molecule has 0 amide bonds. The van der Waals surface area contributed by atoms with Crippen molar-refractivity contribution in [2.75, 3.05) is 19.0 Å². The molecule has 0 fully saturated rings. The van der Waals surface area contributed by atoms with E-state index < -0.39 is 0 Å². The molecule has 0 bridgehead atoms. The Kier molecular flexibility index (Phi) is 4.72. The number of aromatic nitrogens is 5. The molecular weight excluding hydrogens is 268 g/mol. The van der Waals surface area contributed by atoms with Gasteiger partial charge in [0, 0.05) is 12.2 Å². The molecule has 0 aliphatic carbocycles. The molecule has 0 atom stereocenters. The van der Waals surface area contributed by atoms with Crippen molar-refractivity contribution in [1.82, 2.24) is 24.7 Å². The van der Waals surface area contributed by atoms with Gasteiger partial charge in [-0.3, -0.25) is 0 Å². The Labute approximate surface area is 124 Å². The van der Waals surface area contributed by atoms with Crippen LogP contribution in [0.15, 0.2) is 0 Å².